The fraction of sp³-hybridized carbons (Fsp3) is 0. The van der Waals surface area contributed by atoms with Crippen LogP contribution < -0.4 is 0 Å². The number of rotatable bonds is 1. The smallest absolute Gasteiger partial charge is 0.116 e. The second-order valence-electron chi connectivity index (χ2n) is 6.20. The molecule has 1 N–H and O–H groups in total. The third-order valence-electron chi connectivity index (χ3n) is 4.70. The Bertz CT molecular complexity index is 1320. The number of benzene rings is 4. The van der Waals surface area contributed by atoms with E-state index in [2.05, 4.69) is 80.4 Å². The molecule has 5 rings (SSSR count). The molecule has 0 radical (unpaired) electrons. The lowest BCUT2D eigenvalue weighted by Gasteiger charge is -2.14. The maximum atomic E-state index is 10.1. The highest BCUT2D eigenvalue weighted by molar-refractivity contribution is 9.11. The van der Waals surface area contributed by atoms with Crippen molar-refractivity contribution in [2.24, 2.45) is 0 Å². The Balaban J connectivity index is 2.12. The van der Waals surface area contributed by atoms with Crippen LogP contribution in [0.4, 0.5) is 0 Å². The van der Waals surface area contributed by atoms with Crippen molar-refractivity contribution in [1.29, 1.82) is 0 Å². The molecule has 0 bridgehead atoms. The first kappa shape index (κ1) is 16.3. The Kier molecular flexibility index (Phi) is 3.82. The Labute approximate surface area is 171 Å². The largest absolute Gasteiger partial charge is 0.508 e. The van der Waals surface area contributed by atoms with Crippen LogP contribution in [0.25, 0.3) is 42.1 Å². The average Bonchev–Trinajstić information content (AvgIpc) is 3.05. The standard InChI is InChI=1S/C22H12Br2OS/c23-17-10-9-12(25)11-16(17)19-13-5-1-2-6-14(13)21(24)22-20(19)15-7-3-4-8-18(15)26-22/h1-11,25H. The second-order valence-corrected chi connectivity index (χ2v) is 8.90. The number of hydrogen-bond acceptors (Lipinski definition) is 2. The first-order valence-electron chi connectivity index (χ1n) is 8.15. The molecule has 0 atom stereocenters. The third kappa shape index (κ3) is 2.33. The van der Waals surface area contributed by atoms with E-state index in [4.69, 9.17) is 0 Å². The minimum absolute atomic E-state index is 0.267. The maximum Gasteiger partial charge on any atom is 0.116 e. The molecule has 0 aliphatic heterocycles. The molecule has 5 aromatic rings. The molecule has 0 saturated carbocycles. The van der Waals surface area contributed by atoms with Gasteiger partial charge >= 0.3 is 0 Å². The first-order valence-corrected chi connectivity index (χ1v) is 10.6. The van der Waals surface area contributed by atoms with E-state index in [0.717, 1.165) is 20.1 Å². The second kappa shape index (κ2) is 6.08. The number of phenolic OH excluding ortho intramolecular Hbond substituents is 1. The van der Waals surface area contributed by atoms with Gasteiger partial charge in [0, 0.05) is 35.5 Å². The maximum absolute atomic E-state index is 10.1. The normalized spacial score (nSPS) is 11.6. The average molecular weight is 484 g/mol. The molecule has 1 aromatic heterocycles. The fourth-order valence-corrected chi connectivity index (χ4v) is 5.97. The van der Waals surface area contributed by atoms with Crippen LogP contribution in [-0.2, 0) is 0 Å². The SMILES string of the molecule is Oc1ccc(Br)c(-c2c3ccccc3c(Br)c3sc4ccccc4c23)c1. The third-order valence-corrected chi connectivity index (χ3v) is 7.66. The summed E-state index contributed by atoms with van der Waals surface area (Å²) in [4.78, 5) is 0. The van der Waals surface area contributed by atoms with E-state index in [9.17, 15) is 5.11 Å². The first-order chi connectivity index (χ1) is 12.6. The number of fused-ring (bicyclic) bond motifs is 4. The summed E-state index contributed by atoms with van der Waals surface area (Å²) in [5.74, 6) is 0.267. The van der Waals surface area contributed by atoms with Gasteiger partial charge in [0.1, 0.15) is 5.75 Å². The van der Waals surface area contributed by atoms with E-state index < -0.39 is 0 Å². The molecule has 26 heavy (non-hydrogen) atoms. The Morgan fingerprint density at radius 1 is 0.769 bits per heavy atom. The van der Waals surface area contributed by atoms with Gasteiger partial charge < -0.3 is 5.11 Å². The van der Waals surface area contributed by atoms with Crippen LogP contribution in [0, 0.1) is 0 Å². The minimum atomic E-state index is 0.267. The summed E-state index contributed by atoms with van der Waals surface area (Å²) < 4.78 is 4.59. The Morgan fingerprint density at radius 2 is 1.46 bits per heavy atom. The molecule has 0 spiro atoms. The Morgan fingerprint density at radius 3 is 2.27 bits per heavy atom. The highest BCUT2D eigenvalue weighted by atomic mass is 79.9. The molecular weight excluding hydrogens is 472 g/mol. The molecule has 0 aliphatic carbocycles. The van der Waals surface area contributed by atoms with Gasteiger partial charge in [-0.05, 0) is 51.0 Å². The summed E-state index contributed by atoms with van der Waals surface area (Å²) in [6, 6.07) is 22.4. The molecule has 1 nitrogen and oxygen atoms in total. The molecule has 1 heterocycles. The molecule has 4 heteroatoms. The van der Waals surface area contributed by atoms with E-state index in [0.29, 0.717) is 0 Å². The monoisotopic (exact) mass is 482 g/mol. The van der Waals surface area contributed by atoms with Gasteiger partial charge in [0.15, 0.2) is 0 Å². The predicted molar refractivity (Wildman–Crippen MR) is 119 cm³/mol. The van der Waals surface area contributed by atoms with Crippen LogP contribution in [0.2, 0.25) is 0 Å². The van der Waals surface area contributed by atoms with Crippen molar-refractivity contribution in [2.45, 2.75) is 0 Å². The van der Waals surface area contributed by atoms with E-state index >= 15 is 0 Å². The lowest BCUT2D eigenvalue weighted by molar-refractivity contribution is 0.475. The van der Waals surface area contributed by atoms with Crippen molar-refractivity contribution in [3.05, 3.63) is 75.7 Å². The summed E-state index contributed by atoms with van der Waals surface area (Å²) in [7, 11) is 0. The predicted octanol–water partition coefficient (Wildman–Crippen LogP) is 8.11. The molecule has 0 amide bonds. The van der Waals surface area contributed by atoms with E-state index in [1.165, 1.54) is 30.9 Å². The van der Waals surface area contributed by atoms with E-state index in [-0.39, 0.29) is 5.75 Å². The molecule has 0 aliphatic rings. The molecule has 126 valence electrons. The zero-order valence-corrected chi connectivity index (χ0v) is 17.5. The van der Waals surface area contributed by atoms with Crippen LogP contribution in [-0.4, -0.2) is 5.11 Å². The summed E-state index contributed by atoms with van der Waals surface area (Å²) in [6.07, 6.45) is 0. The zero-order valence-electron chi connectivity index (χ0n) is 13.5. The van der Waals surface area contributed by atoms with Gasteiger partial charge in [0.05, 0.1) is 4.70 Å². The quantitative estimate of drug-likeness (QED) is 0.255. The molecule has 0 fully saturated rings. The van der Waals surface area contributed by atoms with Crippen molar-refractivity contribution >= 4 is 74.1 Å². The van der Waals surface area contributed by atoms with Gasteiger partial charge in [0.2, 0.25) is 0 Å². The minimum Gasteiger partial charge on any atom is -0.508 e. The van der Waals surface area contributed by atoms with Crippen molar-refractivity contribution in [1.82, 2.24) is 0 Å². The van der Waals surface area contributed by atoms with Crippen LogP contribution in [0.1, 0.15) is 0 Å². The topological polar surface area (TPSA) is 20.2 Å². The van der Waals surface area contributed by atoms with Crippen LogP contribution >= 0.6 is 43.2 Å². The summed E-state index contributed by atoms with van der Waals surface area (Å²) in [6.45, 7) is 0. The lowest BCUT2D eigenvalue weighted by atomic mass is 9.93. The number of halogens is 2. The Hall–Kier alpha value is -1.88. The number of hydrogen-bond donors (Lipinski definition) is 1. The van der Waals surface area contributed by atoms with Crippen molar-refractivity contribution in [2.75, 3.05) is 0 Å². The van der Waals surface area contributed by atoms with Gasteiger partial charge in [-0.3, -0.25) is 0 Å². The van der Waals surface area contributed by atoms with Crippen molar-refractivity contribution < 1.29 is 5.11 Å². The number of phenols is 1. The lowest BCUT2D eigenvalue weighted by Crippen LogP contribution is -1.87. The number of aromatic hydroxyl groups is 1. The van der Waals surface area contributed by atoms with E-state index in [1.54, 1.807) is 17.4 Å². The van der Waals surface area contributed by atoms with Gasteiger partial charge in [0.25, 0.3) is 0 Å². The molecule has 0 unspecified atom stereocenters. The van der Waals surface area contributed by atoms with Gasteiger partial charge in [-0.25, -0.2) is 0 Å². The van der Waals surface area contributed by atoms with Crippen LogP contribution in [0.3, 0.4) is 0 Å². The zero-order chi connectivity index (χ0) is 17.8. The molecule has 0 saturated heterocycles. The molecule has 4 aromatic carbocycles. The van der Waals surface area contributed by atoms with Crippen molar-refractivity contribution in [3.8, 4) is 16.9 Å². The van der Waals surface area contributed by atoms with Crippen molar-refractivity contribution in [3.63, 3.8) is 0 Å². The summed E-state index contributed by atoms with van der Waals surface area (Å²) in [5.41, 5.74) is 2.15. The van der Waals surface area contributed by atoms with Crippen LogP contribution in [0.5, 0.6) is 5.75 Å². The van der Waals surface area contributed by atoms with Gasteiger partial charge in [-0.15, -0.1) is 11.3 Å². The highest BCUT2D eigenvalue weighted by Gasteiger charge is 2.19. The van der Waals surface area contributed by atoms with Gasteiger partial charge in [-0.1, -0.05) is 58.4 Å². The number of thiophene rings is 1. The summed E-state index contributed by atoms with van der Waals surface area (Å²) >= 11 is 9.34. The highest BCUT2D eigenvalue weighted by Crippen LogP contribution is 2.49. The van der Waals surface area contributed by atoms with Crippen LogP contribution in [0.15, 0.2) is 75.7 Å². The molecular formula is C22H12Br2OS. The summed E-state index contributed by atoms with van der Waals surface area (Å²) in [5, 5.41) is 14.9. The van der Waals surface area contributed by atoms with Gasteiger partial charge in [-0.2, -0.15) is 0 Å². The fourth-order valence-electron chi connectivity index (χ4n) is 3.58. The van der Waals surface area contributed by atoms with E-state index in [1.807, 2.05) is 12.1 Å².